The molecule has 0 fully saturated rings. The zero-order chi connectivity index (χ0) is 25.2. The molecule has 0 unspecified atom stereocenters. The normalized spacial score (nSPS) is 19.9. The van der Waals surface area contributed by atoms with E-state index in [0.717, 1.165) is 29.0 Å². The molecule has 2 aliphatic rings. The van der Waals surface area contributed by atoms with Crippen LogP contribution in [-0.4, -0.2) is 6.21 Å². The number of anilines is 1. The average molecular weight is 525 g/mol. The maximum absolute atomic E-state index is 6.30. The summed E-state index contributed by atoms with van der Waals surface area (Å²) in [6.45, 7) is 0.351. The zero-order valence-corrected chi connectivity index (χ0v) is 21.7. The summed E-state index contributed by atoms with van der Waals surface area (Å²) in [6, 6.07) is 30.8. The van der Waals surface area contributed by atoms with Crippen LogP contribution in [0.4, 0.5) is 11.4 Å². The molecule has 0 aromatic heterocycles. The van der Waals surface area contributed by atoms with Crippen LogP contribution in [-0.2, 0) is 6.61 Å². The molecule has 0 amide bonds. The van der Waals surface area contributed by atoms with E-state index in [2.05, 4.69) is 66.0 Å². The number of aliphatic imine (C=N–C) groups is 1. The summed E-state index contributed by atoms with van der Waals surface area (Å²) in [7, 11) is 0. The number of ether oxygens (including phenoxy) is 1. The lowest BCUT2D eigenvalue weighted by molar-refractivity contribution is 0.306. The number of nitrogens with zero attached hydrogens (tertiary/aromatic N) is 1. The fourth-order valence-corrected chi connectivity index (χ4v) is 5.76. The molecule has 4 aromatic rings. The molecule has 0 spiro atoms. The molecule has 6 rings (SSSR count). The van der Waals surface area contributed by atoms with Gasteiger partial charge in [-0.25, -0.2) is 0 Å². The van der Waals surface area contributed by atoms with E-state index in [1.54, 1.807) is 6.07 Å². The van der Waals surface area contributed by atoms with Crippen LogP contribution in [0.15, 0.2) is 108 Å². The minimum Gasteiger partial charge on any atom is -0.488 e. The Kier molecular flexibility index (Phi) is 6.73. The van der Waals surface area contributed by atoms with Crippen molar-refractivity contribution in [1.82, 2.24) is 0 Å². The summed E-state index contributed by atoms with van der Waals surface area (Å²) in [4.78, 5) is 4.73. The van der Waals surface area contributed by atoms with E-state index in [-0.39, 0.29) is 6.04 Å². The molecule has 4 aromatic carbocycles. The van der Waals surface area contributed by atoms with E-state index in [1.165, 1.54) is 16.8 Å². The van der Waals surface area contributed by atoms with Crippen molar-refractivity contribution in [2.45, 2.75) is 25.0 Å². The SMILES string of the molecule is Clc1ccc(COc2ccccc2C=Nc2ccc([C@@H]3Nc4ccccc4[C@H]4C=CC[C@H]43)cc2)c(Cl)c1. The highest BCUT2D eigenvalue weighted by Crippen LogP contribution is 2.49. The number of fused-ring (bicyclic) bond motifs is 3. The molecule has 0 saturated heterocycles. The Bertz CT molecular complexity index is 1480. The van der Waals surface area contributed by atoms with E-state index in [0.29, 0.717) is 28.5 Å². The third-order valence-electron chi connectivity index (χ3n) is 7.19. The van der Waals surface area contributed by atoms with Crippen LogP contribution >= 0.6 is 23.2 Å². The third kappa shape index (κ3) is 5.02. The molecule has 184 valence electrons. The number of allylic oxidation sites excluding steroid dienone is 2. The highest BCUT2D eigenvalue weighted by Gasteiger charge is 2.37. The number of benzene rings is 4. The van der Waals surface area contributed by atoms with Crippen molar-refractivity contribution in [3.63, 3.8) is 0 Å². The molecule has 1 N–H and O–H groups in total. The van der Waals surface area contributed by atoms with E-state index in [4.69, 9.17) is 32.9 Å². The second kappa shape index (κ2) is 10.5. The van der Waals surface area contributed by atoms with Crippen molar-refractivity contribution >= 4 is 40.8 Å². The second-order valence-electron chi connectivity index (χ2n) is 9.47. The Morgan fingerprint density at radius 3 is 2.59 bits per heavy atom. The minimum absolute atomic E-state index is 0.279. The lowest BCUT2D eigenvalue weighted by atomic mass is 9.77. The fraction of sp³-hybridized carbons (Fsp3) is 0.156. The van der Waals surface area contributed by atoms with E-state index < -0.39 is 0 Å². The van der Waals surface area contributed by atoms with E-state index in [1.807, 2.05) is 42.6 Å². The van der Waals surface area contributed by atoms with Gasteiger partial charge in [-0.3, -0.25) is 4.99 Å². The van der Waals surface area contributed by atoms with Gasteiger partial charge in [-0.1, -0.05) is 83.9 Å². The topological polar surface area (TPSA) is 33.6 Å². The molecule has 0 saturated carbocycles. The third-order valence-corrected chi connectivity index (χ3v) is 7.78. The first kappa shape index (κ1) is 23.8. The van der Waals surface area contributed by atoms with Gasteiger partial charge in [-0.05, 0) is 65.9 Å². The number of halogens is 2. The molecule has 5 heteroatoms. The molecule has 3 nitrogen and oxygen atoms in total. The van der Waals surface area contributed by atoms with Gasteiger partial charge < -0.3 is 10.1 Å². The minimum atomic E-state index is 0.279. The molecular formula is C32H26Cl2N2O. The second-order valence-corrected chi connectivity index (χ2v) is 10.3. The van der Waals surface area contributed by atoms with Crippen molar-refractivity contribution in [1.29, 1.82) is 0 Å². The van der Waals surface area contributed by atoms with Gasteiger partial charge in [0, 0.05) is 39.0 Å². The van der Waals surface area contributed by atoms with Crippen molar-refractivity contribution < 1.29 is 4.74 Å². The Balaban J connectivity index is 1.17. The van der Waals surface area contributed by atoms with Gasteiger partial charge >= 0.3 is 0 Å². The standard InChI is InChI=1S/C32H26Cl2N2O/c33-24-15-12-23(29(34)18-24)20-37-31-11-4-1-6-22(31)19-35-25-16-13-21(14-17-25)32-28-9-5-8-26(28)27-7-2-3-10-30(27)36-32/h1-8,10-19,26,28,32,36H,9,20H2/t26-,28-,32+/m1/s1. The van der Waals surface area contributed by atoms with Crippen molar-refractivity contribution in [3.05, 3.63) is 135 Å². The molecule has 1 aliphatic heterocycles. The van der Waals surface area contributed by atoms with Crippen LogP contribution in [0.3, 0.4) is 0 Å². The molecular weight excluding hydrogens is 499 g/mol. The molecule has 0 radical (unpaired) electrons. The van der Waals surface area contributed by atoms with Crippen LogP contribution in [0.5, 0.6) is 5.75 Å². The van der Waals surface area contributed by atoms with Gasteiger partial charge in [-0.15, -0.1) is 0 Å². The van der Waals surface area contributed by atoms with Gasteiger partial charge in [0.15, 0.2) is 0 Å². The Hall–Kier alpha value is -3.53. The lowest BCUT2D eigenvalue weighted by Gasteiger charge is -2.37. The smallest absolute Gasteiger partial charge is 0.128 e. The van der Waals surface area contributed by atoms with Crippen LogP contribution in [0.1, 0.15) is 40.6 Å². The molecule has 1 aliphatic carbocycles. The average Bonchev–Trinajstić information content (AvgIpc) is 3.42. The maximum Gasteiger partial charge on any atom is 0.128 e. The number of rotatable bonds is 6. The zero-order valence-electron chi connectivity index (χ0n) is 20.1. The maximum atomic E-state index is 6.30. The quantitative estimate of drug-likeness (QED) is 0.201. The van der Waals surface area contributed by atoms with E-state index >= 15 is 0 Å². The number of nitrogens with one attached hydrogen (secondary N) is 1. The fourth-order valence-electron chi connectivity index (χ4n) is 5.30. The number of hydrogen-bond acceptors (Lipinski definition) is 3. The van der Waals surface area contributed by atoms with Crippen LogP contribution in [0.25, 0.3) is 0 Å². The summed E-state index contributed by atoms with van der Waals surface area (Å²) < 4.78 is 6.07. The largest absolute Gasteiger partial charge is 0.488 e. The van der Waals surface area contributed by atoms with Crippen LogP contribution < -0.4 is 10.1 Å². The first-order valence-corrected chi connectivity index (χ1v) is 13.2. The van der Waals surface area contributed by atoms with Gasteiger partial charge in [-0.2, -0.15) is 0 Å². The van der Waals surface area contributed by atoms with Crippen LogP contribution in [0, 0.1) is 5.92 Å². The van der Waals surface area contributed by atoms with Gasteiger partial charge in [0.25, 0.3) is 0 Å². The number of hydrogen-bond donors (Lipinski definition) is 1. The van der Waals surface area contributed by atoms with Crippen molar-refractivity contribution in [2.24, 2.45) is 10.9 Å². The molecule has 3 atom stereocenters. The Morgan fingerprint density at radius 2 is 1.73 bits per heavy atom. The predicted molar refractivity (Wildman–Crippen MR) is 154 cm³/mol. The predicted octanol–water partition coefficient (Wildman–Crippen LogP) is 9.15. The number of para-hydroxylation sites is 2. The first-order chi connectivity index (χ1) is 18.2. The summed E-state index contributed by atoms with van der Waals surface area (Å²) in [6.07, 6.45) is 7.63. The van der Waals surface area contributed by atoms with Crippen molar-refractivity contribution in [3.8, 4) is 5.75 Å². The van der Waals surface area contributed by atoms with Crippen LogP contribution in [0.2, 0.25) is 10.0 Å². The Morgan fingerprint density at radius 1 is 0.919 bits per heavy atom. The summed E-state index contributed by atoms with van der Waals surface area (Å²) >= 11 is 12.3. The molecule has 1 heterocycles. The van der Waals surface area contributed by atoms with E-state index in [9.17, 15) is 0 Å². The van der Waals surface area contributed by atoms with Gasteiger partial charge in [0.2, 0.25) is 0 Å². The summed E-state index contributed by atoms with van der Waals surface area (Å²) in [5.74, 6) is 1.75. The summed E-state index contributed by atoms with van der Waals surface area (Å²) in [5.41, 5.74) is 6.61. The van der Waals surface area contributed by atoms with Gasteiger partial charge in [0.1, 0.15) is 12.4 Å². The lowest BCUT2D eigenvalue weighted by Crippen LogP contribution is -2.28. The van der Waals surface area contributed by atoms with Gasteiger partial charge in [0.05, 0.1) is 11.7 Å². The molecule has 0 bridgehead atoms. The molecule has 37 heavy (non-hydrogen) atoms. The highest BCUT2D eigenvalue weighted by molar-refractivity contribution is 6.35. The monoisotopic (exact) mass is 524 g/mol. The first-order valence-electron chi connectivity index (χ1n) is 12.5. The van der Waals surface area contributed by atoms with Crippen molar-refractivity contribution in [2.75, 3.05) is 5.32 Å². The highest BCUT2D eigenvalue weighted by atomic mass is 35.5. The summed E-state index contributed by atoms with van der Waals surface area (Å²) in [5, 5.41) is 4.99. The Labute approximate surface area is 227 Å².